The number of ether oxygens (including phenoxy) is 1. The average Bonchev–Trinajstić information content (AvgIpc) is 2.67. The second kappa shape index (κ2) is 9.72. The molecule has 8 heteroatoms. The molecule has 0 saturated heterocycles. The molecule has 0 spiro atoms. The highest BCUT2D eigenvalue weighted by molar-refractivity contribution is 7.99. The van der Waals surface area contributed by atoms with Gasteiger partial charge in [0.1, 0.15) is 5.03 Å². The van der Waals surface area contributed by atoms with E-state index in [0.717, 1.165) is 10.5 Å². The first-order chi connectivity index (χ1) is 12.9. The number of hydrogen-bond acceptors (Lipinski definition) is 6. The van der Waals surface area contributed by atoms with Crippen molar-refractivity contribution in [1.82, 2.24) is 15.6 Å². The number of carbonyl (C=O) groups is 3. The van der Waals surface area contributed by atoms with Gasteiger partial charge in [-0.25, -0.2) is 9.78 Å². The number of carbonyl (C=O) groups excluding carboxylic acids is 3. The van der Waals surface area contributed by atoms with Crippen LogP contribution in [0, 0.1) is 13.8 Å². The van der Waals surface area contributed by atoms with Crippen LogP contribution in [0.3, 0.4) is 0 Å². The van der Waals surface area contributed by atoms with Gasteiger partial charge >= 0.3 is 5.97 Å². The van der Waals surface area contributed by atoms with Crippen LogP contribution < -0.4 is 10.6 Å². The number of aryl methyl sites for hydroxylation is 2. The number of hydrogen-bond donors (Lipinski definition) is 2. The molecule has 2 N–H and O–H groups in total. The van der Waals surface area contributed by atoms with Crippen LogP contribution in [0.1, 0.15) is 21.5 Å². The number of nitrogens with zero attached hydrogens (tertiary/aromatic N) is 1. The zero-order chi connectivity index (χ0) is 19.8. The fourth-order valence-corrected chi connectivity index (χ4v) is 3.01. The van der Waals surface area contributed by atoms with Crippen LogP contribution in [-0.4, -0.2) is 43.0 Å². The van der Waals surface area contributed by atoms with Gasteiger partial charge in [-0.1, -0.05) is 17.8 Å². The van der Waals surface area contributed by atoms with Crippen molar-refractivity contribution in [3.63, 3.8) is 0 Å². The van der Waals surface area contributed by atoms with Gasteiger partial charge in [0.2, 0.25) is 5.91 Å². The maximum atomic E-state index is 12.3. The molecule has 1 heterocycles. The largest absolute Gasteiger partial charge is 0.452 e. The topological polar surface area (TPSA) is 97.4 Å². The van der Waals surface area contributed by atoms with E-state index in [4.69, 9.17) is 4.74 Å². The smallest absolute Gasteiger partial charge is 0.341 e. The highest BCUT2D eigenvalue weighted by Crippen LogP contribution is 2.30. The van der Waals surface area contributed by atoms with Crippen molar-refractivity contribution in [1.29, 1.82) is 0 Å². The lowest BCUT2D eigenvalue weighted by Gasteiger charge is -2.09. The molecule has 2 rings (SSSR count). The summed E-state index contributed by atoms with van der Waals surface area (Å²) < 4.78 is 5.04. The van der Waals surface area contributed by atoms with Crippen molar-refractivity contribution < 1.29 is 19.1 Å². The van der Waals surface area contributed by atoms with E-state index in [2.05, 4.69) is 15.6 Å². The number of nitrogens with one attached hydrogen (secondary N) is 2. The summed E-state index contributed by atoms with van der Waals surface area (Å²) in [5, 5.41) is 5.23. The molecular weight excluding hydrogens is 366 g/mol. The SMILES string of the molecule is CNC(=O)CNC(=O)COC(=O)c1cccnc1Sc1ccc(C)c(C)c1. The Labute approximate surface area is 161 Å². The van der Waals surface area contributed by atoms with Crippen molar-refractivity contribution in [3.8, 4) is 0 Å². The van der Waals surface area contributed by atoms with Crippen LogP contribution in [0.15, 0.2) is 46.5 Å². The number of pyridine rings is 1. The normalized spacial score (nSPS) is 10.2. The molecule has 1 aromatic heterocycles. The van der Waals surface area contributed by atoms with Crippen molar-refractivity contribution in [3.05, 3.63) is 53.2 Å². The van der Waals surface area contributed by atoms with Gasteiger partial charge in [0.25, 0.3) is 5.91 Å². The molecule has 0 unspecified atom stereocenters. The lowest BCUT2D eigenvalue weighted by molar-refractivity contribution is -0.127. The summed E-state index contributed by atoms with van der Waals surface area (Å²) in [6.07, 6.45) is 1.59. The number of amides is 2. The van der Waals surface area contributed by atoms with Gasteiger partial charge in [0.15, 0.2) is 6.61 Å². The minimum Gasteiger partial charge on any atom is -0.452 e. The van der Waals surface area contributed by atoms with Crippen LogP contribution in [0.5, 0.6) is 0 Å². The van der Waals surface area contributed by atoms with Gasteiger partial charge in [-0.3, -0.25) is 9.59 Å². The fraction of sp³-hybridized carbons (Fsp3) is 0.263. The molecule has 0 aliphatic carbocycles. The number of rotatable bonds is 7. The fourth-order valence-electron chi connectivity index (χ4n) is 2.04. The number of esters is 1. The summed E-state index contributed by atoms with van der Waals surface area (Å²) in [7, 11) is 1.46. The zero-order valence-corrected chi connectivity index (χ0v) is 16.2. The summed E-state index contributed by atoms with van der Waals surface area (Å²) >= 11 is 1.35. The predicted molar refractivity (Wildman–Crippen MR) is 102 cm³/mol. The second-order valence-electron chi connectivity index (χ2n) is 5.73. The number of benzene rings is 1. The Morgan fingerprint density at radius 3 is 2.59 bits per heavy atom. The summed E-state index contributed by atoms with van der Waals surface area (Å²) in [4.78, 5) is 40.3. The van der Waals surface area contributed by atoms with E-state index >= 15 is 0 Å². The van der Waals surface area contributed by atoms with E-state index in [0.29, 0.717) is 5.03 Å². The molecule has 2 amide bonds. The van der Waals surface area contributed by atoms with Gasteiger partial charge in [-0.15, -0.1) is 0 Å². The van der Waals surface area contributed by atoms with Crippen LogP contribution in [0.2, 0.25) is 0 Å². The van der Waals surface area contributed by atoms with E-state index in [1.54, 1.807) is 18.3 Å². The zero-order valence-electron chi connectivity index (χ0n) is 15.4. The van der Waals surface area contributed by atoms with Crippen LogP contribution in [0.4, 0.5) is 0 Å². The molecule has 0 aliphatic rings. The Bertz CT molecular complexity index is 855. The maximum Gasteiger partial charge on any atom is 0.341 e. The monoisotopic (exact) mass is 387 g/mol. The molecule has 0 aliphatic heterocycles. The van der Waals surface area contributed by atoms with Gasteiger partial charge in [-0.2, -0.15) is 0 Å². The Kier molecular flexibility index (Phi) is 7.36. The van der Waals surface area contributed by atoms with Crippen LogP contribution in [-0.2, 0) is 14.3 Å². The highest BCUT2D eigenvalue weighted by Gasteiger charge is 2.16. The average molecular weight is 387 g/mol. The third-order valence-electron chi connectivity index (χ3n) is 3.74. The third kappa shape index (κ3) is 6.10. The second-order valence-corrected chi connectivity index (χ2v) is 6.79. The molecule has 0 fully saturated rings. The van der Waals surface area contributed by atoms with E-state index in [-0.39, 0.29) is 18.0 Å². The Balaban J connectivity index is 2.01. The lowest BCUT2D eigenvalue weighted by Crippen LogP contribution is -2.37. The number of likely N-dealkylation sites (N-methyl/N-ethyl adjacent to an activating group) is 1. The van der Waals surface area contributed by atoms with Gasteiger partial charge in [-0.05, 0) is 49.2 Å². The van der Waals surface area contributed by atoms with Crippen LogP contribution in [0.25, 0.3) is 0 Å². The Hall–Kier alpha value is -2.87. The van der Waals surface area contributed by atoms with E-state index < -0.39 is 18.5 Å². The predicted octanol–water partition coefficient (Wildman–Crippen LogP) is 1.87. The summed E-state index contributed by atoms with van der Waals surface area (Å²) in [6, 6.07) is 9.22. The number of aromatic nitrogens is 1. The summed E-state index contributed by atoms with van der Waals surface area (Å²) in [6.45, 7) is 3.40. The van der Waals surface area contributed by atoms with Gasteiger partial charge in [0, 0.05) is 18.1 Å². The van der Waals surface area contributed by atoms with Crippen molar-refractivity contribution in [2.75, 3.05) is 20.2 Å². The van der Waals surface area contributed by atoms with Gasteiger partial charge in [0.05, 0.1) is 12.1 Å². The van der Waals surface area contributed by atoms with E-state index in [9.17, 15) is 14.4 Å². The standard InChI is InChI=1S/C19H21N3O4S/c1-12-6-7-14(9-13(12)2)27-18-15(5-4-8-21-18)19(25)26-11-17(24)22-10-16(23)20-3/h4-9H,10-11H2,1-3H3,(H,20,23)(H,22,24). The Morgan fingerprint density at radius 2 is 1.89 bits per heavy atom. The third-order valence-corrected chi connectivity index (χ3v) is 4.75. The van der Waals surface area contributed by atoms with Crippen molar-refractivity contribution in [2.24, 2.45) is 0 Å². The highest BCUT2D eigenvalue weighted by atomic mass is 32.2. The first-order valence-electron chi connectivity index (χ1n) is 8.25. The lowest BCUT2D eigenvalue weighted by atomic mass is 10.1. The van der Waals surface area contributed by atoms with Crippen LogP contribution >= 0.6 is 11.8 Å². The minimum atomic E-state index is -0.649. The first kappa shape index (κ1) is 20.4. The molecule has 0 bridgehead atoms. The first-order valence-corrected chi connectivity index (χ1v) is 9.07. The molecule has 2 aromatic rings. The van der Waals surface area contributed by atoms with E-state index in [1.165, 1.54) is 24.4 Å². The van der Waals surface area contributed by atoms with Gasteiger partial charge < -0.3 is 15.4 Å². The van der Waals surface area contributed by atoms with Crippen molar-refractivity contribution in [2.45, 2.75) is 23.8 Å². The molecule has 0 atom stereocenters. The Morgan fingerprint density at radius 1 is 1.11 bits per heavy atom. The summed E-state index contributed by atoms with van der Waals surface area (Å²) in [5.74, 6) is -1.54. The molecule has 7 nitrogen and oxygen atoms in total. The van der Waals surface area contributed by atoms with Crippen molar-refractivity contribution >= 4 is 29.5 Å². The minimum absolute atomic E-state index is 0.173. The molecule has 142 valence electrons. The molecular formula is C19H21N3O4S. The summed E-state index contributed by atoms with van der Waals surface area (Å²) in [5.41, 5.74) is 2.61. The maximum absolute atomic E-state index is 12.3. The quantitative estimate of drug-likeness (QED) is 0.704. The molecule has 27 heavy (non-hydrogen) atoms. The molecule has 0 radical (unpaired) electrons. The van der Waals surface area contributed by atoms with E-state index in [1.807, 2.05) is 32.0 Å². The molecule has 1 aromatic carbocycles. The molecule has 0 saturated carbocycles.